The van der Waals surface area contributed by atoms with E-state index in [4.69, 9.17) is 10.5 Å². The van der Waals surface area contributed by atoms with Crippen LogP contribution in [0.1, 0.15) is 17.3 Å². The molecule has 0 aliphatic heterocycles. The first-order chi connectivity index (χ1) is 9.22. The van der Waals surface area contributed by atoms with Gasteiger partial charge >= 0.3 is 0 Å². The van der Waals surface area contributed by atoms with Crippen LogP contribution in [-0.2, 0) is 0 Å². The summed E-state index contributed by atoms with van der Waals surface area (Å²) < 4.78 is 5.44. The smallest absolute Gasteiger partial charge is 0.259 e. The van der Waals surface area contributed by atoms with Crippen molar-refractivity contribution in [1.82, 2.24) is 4.98 Å². The van der Waals surface area contributed by atoms with Gasteiger partial charge in [0.2, 0.25) is 0 Å². The molecule has 1 amide bonds. The Hall–Kier alpha value is -2.56. The monoisotopic (exact) mass is 257 g/mol. The van der Waals surface area contributed by atoms with Crippen LogP contribution in [0.2, 0.25) is 0 Å². The second-order valence-electron chi connectivity index (χ2n) is 3.85. The minimum Gasteiger partial charge on any atom is -0.492 e. The van der Waals surface area contributed by atoms with Crippen molar-refractivity contribution in [2.45, 2.75) is 6.92 Å². The molecule has 5 nitrogen and oxygen atoms in total. The summed E-state index contributed by atoms with van der Waals surface area (Å²) in [5, 5.41) is 2.77. The summed E-state index contributed by atoms with van der Waals surface area (Å²) in [7, 11) is 0. The van der Waals surface area contributed by atoms with E-state index in [1.807, 2.05) is 19.1 Å². The zero-order valence-electron chi connectivity index (χ0n) is 10.6. The summed E-state index contributed by atoms with van der Waals surface area (Å²) in [6, 6.07) is 8.83. The molecular formula is C14H15N3O2. The number of amides is 1. The van der Waals surface area contributed by atoms with Crippen LogP contribution in [0.5, 0.6) is 5.75 Å². The Morgan fingerprint density at radius 1 is 1.37 bits per heavy atom. The fraction of sp³-hybridized carbons (Fsp3) is 0.143. The molecule has 2 rings (SSSR count). The first-order valence-electron chi connectivity index (χ1n) is 5.95. The summed E-state index contributed by atoms with van der Waals surface area (Å²) in [6.07, 6.45) is 2.98. The summed E-state index contributed by atoms with van der Waals surface area (Å²) in [5.41, 5.74) is 7.08. The Morgan fingerprint density at radius 3 is 2.89 bits per heavy atom. The lowest BCUT2D eigenvalue weighted by Crippen LogP contribution is -2.15. The van der Waals surface area contributed by atoms with E-state index in [1.54, 1.807) is 24.4 Å². The van der Waals surface area contributed by atoms with Crippen molar-refractivity contribution in [1.29, 1.82) is 0 Å². The van der Waals surface area contributed by atoms with E-state index in [2.05, 4.69) is 10.3 Å². The molecule has 0 atom stereocenters. The Labute approximate surface area is 111 Å². The molecule has 0 aliphatic carbocycles. The van der Waals surface area contributed by atoms with Crippen LogP contribution >= 0.6 is 0 Å². The molecule has 1 heterocycles. The molecular weight excluding hydrogens is 242 g/mol. The van der Waals surface area contributed by atoms with E-state index in [-0.39, 0.29) is 5.91 Å². The molecule has 19 heavy (non-hydrogen) atoms. The molecule has 0 unspecified atom stereocenters. The normalized spacial score (nSPS) is 9.95. The molecule has 1 aromatic carbocycles. The maximum absolute atomic E-state index is 12.1. The maximum Gasteiger partial charge on any atom is 0.259 e. The van der Waals surface area contributed by atoms with Crippen LogP contribution in [0, 0.1) is 0 Å². The third-order valence-electron chi connectivity index (χ3n) is 2.53. The maximum atomic E-state index is 12.1. The van der Waals surface area contributed by atoms with E-state index >= 15 is 0 Å². The van der Waals surface area contributed by atoms with Gasteiger partial charge in [-0.3, -0.25) is 9.78 Å². The highest BCUT2D eigenvalue weighted by Gasteiger charge is 2.12. The number of ether oxygens (including phenoxy) is 1. The molecule has 0 fully saturated rings. The minimum absolute atomic E-state index is 0.308. The summed E-state index contributed by atoms with van der Waals surface area (Å²) >= 11 is 0. The number of pyridine rings is 1. The van der Waals surface area contributed by atoms with Crippen LogP contribution in [0.15, 0.2) is 42.7 Å². The third-order valence-corrected chi connectivity index (χ3v) is 2.53. The van der Waals surface area contributed by atoms with E-state index in [0.29, 0.717) is 29.3 Å². The number of carbonyl (C=O) groups is 1. The Morgan fingerprint density at radius 2 is 2.16 bits per heavy atom. The standard InChI is InChI=1S/C14H15N3O2/c1-2-19-13-6-4-3-5-12(13)17-14(18)10-9-16-8-7-11(10)15/h3-9H,2H2,1H3,(H2,15,16)(H,17,18). The molecule has 0 bridgehead atoms. The van der Waals surface area contributed by atoms with Gasteiger partial charge in [0, 0.05) is 18.1 Å². The lowest BCUT2D eigenvalue weighted by Gasteiger charge is -2.11. The highest BCUT2D eigenvalue weighted by Crippen LogP contribution is 2.24. The number of anilines is 2. The van der Waals surface area contributed by atoms with Crippen molar-refractivity contribution in [3.05, 3.63) is 48.3 Å². The average Bonchev–Trinajstić information content (AvgIpc) is 2.41. The average molecular weight is 257 g/mol. The first-order valence-corrected chi connectivity index (χ1v) is 5.95. The van der Waals surface area contributed by atoms with Crippen molar-refractivity contribution >= 4 is 17.3 Å². The van der Waals surface area contributed by atoms with Crippen LogP contribution in [0.3, 0.4) is 0 Å². The van der Waals surface area contributed by atoms with E-state index in [9.17, 15) is 4.79 Å². The minimum atomic E-state index is -0.308. The molecule has 0 spiro atoms. The zero-order chi connectivity index (χ0) is 13.7. The summed E-state index contributed by atoms with van der Waals surface area (Å²) in [5.74, 6) is 0.318. The van der Waals surface area contributed by atoms with Gasteiger partial charge in [-0.05, 0) is 25.1 Å². The Kier molecular flexibility index (Phi) is 3.97. The van der Waals surface area contributed by atoms with Gasteiger partial charge in [-0.1, -0.05) is 12.1 Å². The molecule has 0 saturated heterocycles. The SMILES string of the molecule is CCOc1ccccc1NC(=O)c1cnccc1N. The van der Waals surface area contributed by atoms with Crippen LogP contribution in [0.4, 0.5) is 11.4 Å². The molecule has 2 aromatic rings. The number of nitrogen functional groups attached to an aromatic ring is 1. The Balaban J connectivity index is 2.22. The molecule has 98 valence electrons. The van der Waals surface area contributed by atoms with Crippen molar-refractivity contribution < 1.29 is 9.53 Å². The third kappa shape index (κ3) is 3.01. The number of hydrogen-bond donors (Lipinski definition) is 2. The number of nitrogens with two attached hydrogens (primary N) is 1. The quantitative estimate of drug-likeness (QED) is 0.881. The second kappa shape index (κ2) is 5.86. The van der Waals surface area contributed by atoms with Gasteiger partial charge in [-0.2, -0.15) is 0 Å². The van der Waals surface area contributed by atoms with Crippen LogP contribution in [-0.4, -0.2) is 17.5 Å². The first kappa shape index (κ1) is 12.9. The van der Waals surface area contributed by atoms with Gasteiger partial charge in [0.05, 0.1) is 17.9 Å². The highest BCUT2D eigenvalue weighted by atomic mass is 16.5. The van der Waals surface area contributed by atoms with Gasteiger partial charge in [-0.25, -0.2) is 0 Å². The number of hydrogen-bond acceptors (Lipinski definition) is 4. The summed E-state index contributed by atoms with van der Waals surface area (Å²) in [4.78, 5) is 16.0. The number of carbonyl (C=O) groups excluding carboxylic acids is 1. The van der Waals surface area contributed by atoms with Crippen molar-refractivity contribution in [2.75, 3.05) is 17.7 Å². The van der Waals surface area contributed by atoms with Gasteiger partial charge in [-0.15, -0.1) is 0 Å². The number of rotatable bonds is 4. The molecule has 0 radical (unpaired) electrons. The number of nitrogens with one attached hydrogen (secondary N) is 1. The molecule has 1 aromatic heterocycles. The van der Waals surface area contributed by atoms with Crippen LogP contribution in [0.25, 0.3) is 0 Å². The lowest BCUT2D eigenvalue weighted by atomic mass is 10.2. The number of para-hydroxylation sites is 2. The fourth-order valence-electron chi connectivity index (χ4n) is 1.64. The predicted molar refractivity (Wildman–Crippen MR) is 74.2 cm³/mol. The van der Waals surface area contributed by atoms with E-state index in [1.165, 1.54) is 6.20 Å². The summed E-state index contributed by atoms with van der Waals surface area (Å²) in [6.45, 7) is 2.42. The molecule has 0 saturated carbocycles. The van der Waals surface area contributed by atoms with Crippen molar-refractivity contribution in [3.8, 4) is 5.75 Å². The topological polar surface area (TPSA) is 77.2 Å². The number of nitrogens with zero attached hydrogens (tertiary/aromatic N) is 1. The van der Waals surface area contributed by atoms with Crippen molar-refractivity contribution in [3.63, 3.8) is 0 Å². The molecule has 3 N–H and O–H groups in total. The number of benzene rings is 1. The molecule has 0 aliphatic rings. The van der Waals surface area contributed by atoms with E-state index < -0.39 is 0 Å². The fourth-order valence-corrected chi connectivity index (χ4v) is 1.64. The van der Waals surface area contributed by atoms with E-state index in [0.717, 1.165) is 0 Å². The van der Waals surface area contributed by atoms with Crippen LogP contribution < -0.4 is 15.8 Å². The van der Waals surface area contributed by atoms with Gasteiger partial charge in [0.15, 0.2) is 0 Å². The van der Waals surface area contributed by atoms with Gasteiger partial charge in [0.25, 0.3) is 5.91 Å². The number of aromatic nitrogens is 1. The largest absolute Gasteiger partial charge is 0.492 e. The lowest BCUT2D eigenvalue weighted by molar-refractivity contribution is 0.102. The van der Waals surface area contributed by atoms with Gasteiger partial charge < -0.3 is 15.8 Å². The molecule has 5 heteroatoms. The van der Waals surface area contributed by atoms with Gasteiger partial charge in [0.1, 0.15) is 5.75 Å². The van der Waals surface area contributed by atoms with Crippen molar-refractivity contribution in [2.24, 2.45) is 0 Å². The predicted octanol–water partition coefficient (Wildman–Crippen LogP) is 2.31. The Bertz CT molecular complexity index is 584. The zero-order valence-corrected chi connectivity index (χ0v) is 10.6. The second-order valence-corrected chi connectivity index (χ2v) is 3.85. The highest BCUT2D eigenvalue weighted by molar-refractivity contribution is 6.08.